The molecule has 0 aromatic heterocycles. The molecule has 2 aromatic rings. The molecule has 0 saturated carbocycles. The Bertz CT molecular complexity index is 1020. The number of carbonyl (C=O) groups excluding carboxylic acids is 1. The third-order valence-electron chi connectivity index (χ3n) is 5.00. The van der Waals surface area contributed by atoms with Crippen LogP contribution >= 0.6 is 0 Å². The standard InChI is InChI=1S/C23H30N2O6S/c1-4-5-18-6-9-20(10-7-18)29-13-12-24-23(26)17(2)25(32(3,27)28)19-8-11-21-22(16-19)31-15-14-30-21/h6-11,16-17H,4-5,12-15H2,1-3H3,(H,24,26). The third-order valence-corrected chi connectivity index (χ3v) is 6.24. The normalized spacial score (nSPS) is 13.8. The van der Waals surface area contributed by atoms with E-state index < -0.39 is 22.0 Å². The molecule has 9 heteroatoms. The number of nitrogens with zero attached hydrogens (tertiary/aromatic N) is 1. The fourth-order valence-corrected chi connectivity index (χ4v) is 4.68. The smallest absolute Gasteiger partial charge is 0.243 e. The van der Waals surface area contributed by atoms with Crippen molar-refractivity contribution in [1.82, 2.24) is 5.32 Å². The Labute approximate surface area is 189 Å². The van der Waals surface area contributed by atoms with Crippen molar-refractivity contribution in [2.75, 3.05) is 36.9 Å². The van der Waals surface area contributed by atoms with E-state index in [4.69, 9.17) is 14.2 Å². The fraction of sp³-hybridized carbons (Fsp3) is 0.435. The summed E-state index contributed by atoms with van der Waals surface area (Å²) >= 11 is 0. The van der Waals surface area contributed by atoms with E-state index in [2.05, 4.69) is 12.2 Å². The molecule has 0 saturated heterocycles. The van der Waals surface area contributed by atoms with Gasteiger partial charge in [0.25, 0.3) is 0 Å². The zero-order valence-electron chi connectivity index (χ0n) is 18.7. The maximum absolute atomic E-state index is 12.7. The van der Waals surface area contributed by atoms with Crippen LogP contribution in [0.4, 0.5) is 5.69 Å². The van der Waals surface area contributed by atoms with E-state index in [1.54, 1.807) is 25.1 Å². The number of amides is 1. The summed E-state index contributed by atoms with van der Waals surface area (Å²) in [6.07, 6.45) is 3.18. The molecule has 1 unspecified atom stereocenters. The Kier molecular flexibility index (Phi) is 7.84. The van der Waals surface area contributed by atoms with Crippen LogP contribution in [0.25, 0.3) is 0 Å². The molecule has 0 spiro atoms. The topological polar surface area (TPSA) is 94.2 Å². The Morgan fingerprint density at radius 1 is 1.12 bits per heavy atom. The summed E-state index contributed by atoms with van der Waals surface area (Å²) in [5.74, 6) is 1.30. The molecular weight excluding hydrogens is 432 g/mol. The van der Waals surface area contributed by atoms with Crippen molar-refractivity contribution < 1.29 is 27.4 Å². The van der Waals surface area contributed by atoms with Gasteiger partial charge in [-0.15, -0.1) is 0 Å². The highest BCUT2D eigenvalue weighted by molar-refractivity contribution is 7.92. The Morgan fingerprint density at radius 3 is 2.47 bits per heavy atom. The van der Waals surface area contributed by atoms with Gasteiger partial charge in [0.2, 0.25) is 15.9 Å². The maximum atomic E-state index is 12.7. The van der Waals surface area contributed by atoms with Gasteiger partial charge < -0.3 is 19.5 Å². The molecule has 1 aliphatic heterocycles. The van der Waals surface area contributed by atoms with Gasteiger partial charge in [0.05, 0.1) is 18.5 Å². The number of carbonyl (C=O) groups is 1. The van der Waals surface area contributed by atoms with Gasteiger partial charge >= 0.3 is 0 Å². The van der Waals surface area contributed by atoms with Crippen molar-refractivity contribution in [2.24, 2.45) is 0 Å². The lowest BCUT2D eigenvalue weighted by Crippen LogP contribution is -2.48. The number of hydrogen-bond donors (Lipinski definition) is 1. The molecule has 3 rings (SSSR count). The highest BCUT2D eigenvalue weighted by Crippen LogP contribution is 2.35. The van der Waals surface area contributed by atoms with Crippen LogP contribution in [0, 0.1) is 0 Å². The van der Waals surface area contributed by atoms with Crippen molar-refractivity contribution >= 4 is 21.6 Å². The van der Waals surface area contributed by atoms with E-state index >= 15 is 0 Å². The second-order valence-electron chi connectivity index (χ2n) is 7.60. The molecule has 0 radical (unpaired) electrons. The van der Waals surface area contributed by atoms with Crippen molar-refractivity contribution in [3.8, 4) is 17.2 Å². The quantitative estimate of drug-likeness (QED) is 0.546. The Hall–Kier alpha value is -2.94. The number of rotatable bonds is 10. The predicted octanol–water partition coefficient (Wildman–Crippen LogP) is 2.76. The minimum Gasteiger partial charge on any atom is -0.492 e. The fourth-order valence-electron chi connectivity index (χ4n) is 3.51. The largest absolute Gasteiger partial charge is 0.492 e. The molecule has 8 nitrogen and oxygen atoms in total. The zero-order chi connectivity index (χ0) is 23.1. The number of benzene rings is 2. The molecule has 174 valence electrons. The number of anilines is 1. The number of fused-ring (bicyclic) bond motifs is 1. The number of sulfonamides is 1. The second kappa shape index (κ2) is 10.6. The molecule has 0 aliphatic carbocycles. The van der Waals surface area contributed by atoms with E-state index in [0.29, 0.717) is 30.4 Å². The van der Waals surface area contributed by atoms with Crippen molar-refractivity contribution in [1.29, 1.82) is 0 Å². The van der Waals surface area contributed by atoms with Gasteiger partial charge in [0.1, 0.15) is 31.6 Å². The van der Waals surface area contributed by atoms with Gasteiger partial charge in [0, 0.05) is 6.07 Å². The summed E-state index contributed by atoms with van der Waals surface area (Å²) in [6.45, 7) is 5.01. The number of aryl methyl sites for hydroxylation is 1. The average Bonchev–Trinajstić information content (AvgIpc) is 2.77. The van der Waals surface area contributed by atoms with Crippen LogP contribution < -0.4 is 23.8 Å². The molecular formula is C23H30N2O6S. The molecule has 0 fully saturated rings. The first-order valence-corrected chi connectivity index (χ1v) is 12.5. The van der Waals surface area contributed by atoms with E-state index in [0.717, 1.165) is 29.2 Å². The number of nitrogens with one attached hydrogen (secondary N) is 1. The van der Waals surface area contributed by atoms with Gasteiger partial charge in [-0.05, 0) is 43.2 Å². The average molecular weight is 463 g/mol. The van der Waals surface area contributed by atoms with Gasteiger partial charge in [0.15, 0.2) is 11.5 Å². The second-order valence-corrected chi connectivity index (χ2v) is 9.46. The van der Waals surface area contributed by atoms with Crippen LogP contribution in [-0.4, -0.2) is 53.0 Å². The van der Waals surface area contributed by atoms with Crippen LogP contribution in [-0.2, 0) is 21.2 Å². The maximum Gasteiger partial charge on any atom is 0.243 e. The van der Waals surface area contributed by atoms with E-state index in [9.17, 15) is 13.2 Å². The van der Waals surface area contributed by atoms with Crippen molar-refractivity contribution in [2.45, 2.75) is 32.7 Å². The number of hydrogen-bond acceptors (Lipinski definition) is 6. The van der Waals surface area contributed by atoms with E-state index in [1.807, 2.05) is 24.3 Å². The summed E-state index contributed by atoms with van der Waals surface area (Å²) < 4.78 is 42.7. The van der Waals surface area contributed by atoms with Crippen molar-refractivity contribution in [3.63, 3.8) is 0 Å². The minimum absolute atomic E-state index is 0.249. The van der Waals surface area contributed by atoms with Gasteiger partial charge in [-0.1, -0.05) is 25.5 Å². The molecule has 0 bridgehead atoms. The van der Waals surface area contributed by atoms with Gasteiger partial charge in [-0.2, -0.15) is 0 Å². The third kappa shape index (κ3) is 6.06. The lowest BCUT2D eigenvalue weighted by molar-refractivity contribution is -0.121. The molecule has 1 amide bonds. The van der Waals surface area contributed by atoms with E-state index in [1.165, 1.54) is 5.56 Å². The summed E-state index contributed by atoms with van der Waals surface area (Å²) in [4.78, 5) is 12.7. The summed E-state index contributed by atoms with van der Waals surface area (Å²) in [5.41, 5.74) is 1.59. The van der Waals surface area contributed by atoms with Gasteiger partial charge in [-0.3, -0.25) is 9.10 Å². The highest BCUT2D eigenvalue weighted by Gasteiger charge is 2.30. The predicted molar refractivity (Wildman–Crippen MR) is 123 cm³/mol. The van der Waals surface area contributed by atoms with Crippen LogP contribution in [0.3, 0.4) is 0 Å². The van der Waals surface area contributed by atoms with Crippen molar-refractivity contribution in [3.05, 3.63) is 48.0 Å². The molecule has 1 aliphatic rings. The molecule has 1 N–H and O–H groups in total. The summed E-state index contributed by atoms with van der Waals surface area (Å²) in [5, 5.41) is 2.74. The first-order valence-electron chi connectivity index (χ1n) is 10.7. The van der Waals surface area contributed by atoms with Crippen LogP contribution in [0.5, 0.6) is 17.2 Å². The highest BCUT2D eigenvalue weighted by atomic mass is 32.2. The number of ether oxygens (including phenoxy) is 3. The molecule has 32 heavy (non-hydrogen) atoms. The van der Waals surface area contributed by atoms with Gasteiger partial charge in [-0.25, -0.2) is 8.42 Å². The lowest BCUT2D eigenvalue weighted by atomic mass is 10.1. The Morgan fingerprint density at radius 2 is 1.81 bits per heavy atom. The zero-order valence-corrected chi connectivity index (χ0v) is 19.5. The van der Waals surface area contributed by atoms with Crippen LogP contribution in [0.2, 0.25) is 0 Å². The molecule has 2 aromatic carbocycles. The Balaban J connectivity index is 1.59. The summed E-state index contributed by atoms with van der Waals surface area (Å²) in [6, 6.07) is 11.7. The minimum atomic E-state index is -3.73. The molecule has 1 atom stereocenters. The lowest BCUT2D eigenvalue weighted by Gasteiger charge is -2.29. The SMILES string of the molecule is CCCc1ccc(OCCNC(=O)C(C)N(c2ccc3c(c2)OCCO3)S(C)(=O)=O)cc1. The van der Waals surface area contributed by atoms with Crippen LogP contribution in [0.1, 0.15) is 25.8 Å². The first kappa shape index (κ1) is 23.7. The first-order chi connectivity index (χ1) is 15.3. The monoisotopic (exact) mass is 462 g/mol. The summed E-state index contributed by atoms with van der Waals surface area (Å²) in [7, 11) is -3.73. The van der Waals surface area contributed by atoms with Crippen LogP contribution in [0.15, 0.2) is 42.5 Å². The molecule has 1 heterocycles. The van der Waals surface area contributed by atoms with E-state index in [-0.39, 0.29) is 13.2 Å².